The lowest BCUT2D eigenvalue weighted by Crippen LogP contribution is -2.25. The van der Waals surface area contributed by atoms with E-state index in [9.17, 15) is 14.7 Å². The number of hydrogen-bond acceptors (Lipinski definition) is 4. The van der Waals surface area contributed by atoms with Crippen LogP contribution in [-0.2, 0) is 0 Å². The van der Waals surface area contributed by atoms with Crippen LogP contribution in [0, 0.1) is 5.92 Å². The van der Waals surface area contributed by atoms with Gasteiger partial charge in [-0.2, -0.15) is 0 Å². The summed E-state index contributed by atoms with van der Waals surface area (Å²) in [6, 6.07) is 4.99. The fourth-order valence-electron chi connectivity index (χ4n) is 3.48. The van der Waals surface area contributed by atoms with Gasteiger partial charge in [-0.15, -0.1) is 0 Å². The molecule has 0 fully saturated rings. The molecule has 1 N–H and O–H groups in total. The molecule has 154 valence electrons. The van der Waals surface area contributed by atoms with E-state index in [1.54, 1.807) is 6.08 Å². The van der Waals surface area contributed by atoms with Gasteiger partial charge < -0.3 is 19.1 Å². The van der Waals surface area contributed by atoms with E-state index in [1.807, 2.05) is 30.5 Å². The van der Waals surface area contributed by atoms with Crippen LogP contribution in [0.25, 0.3) is 17.3 Å². The van der Waals surface area contributed by atoms with E-state index in [0.717, 1.165) is 24.0 Å². The van der Waals surface area contributed by atoms with E-state index in [4.69, 9.17) is 9.47 Å². The van der Waals surface area contributed by atoms with Gasteiger partial charge >= 0.3 is 5.97 Å². The number of pyridine rings is 1. The van der Waals surface area contributed by atoms with Gasteiger partial charge in [-0.05, 0) is 18.4 Å². The highest BCUT2D eigenvalue weighted by molar-refractivity contribution is 5.88. The minimum atomic E-state index is -1.23. The number of nitrogens with zero attached hydrogens (tertiary/aromatic N) is 1. The van der Waals surface area contributed by atoms with Crippen molar-refractivity contribution in [3.63, 3.8) is 0 Å². The number of ether oxygens (including phenoxy) is 2. The van der Waals surface area contributed by atoms with Crippen LogP contribution in [0.2, 0.25) is 0 Å². The van der Waals surface area contributed by atoms with Gasteiger partial charge in [-0.25, -0.2) is 4.79 Å². The Labute approximate surface area is 170 Å². The molecule has 1 aromatic carbocycles. The standard InChI is InChI=1S/C23H27NO5/c1-5-7-8-28-21-11-22-16(9-15(21)6-2)18-10-20(25)17(23(26)27)12-24(18)19(13-29-22)14(3)4/h6,9-12,14,19H,2,5,7-8,13H2,1,3-4H3,(H,26,27)/t19-/m0/s1. The number of hydrogen-bond donors (Lipinski definition) is 1. The first kappa shape index (κ1) is 20.7. The lowest BCUT2D eigenvalue weighted by Gasteiger charge is -2.24. The molecular formula is C23H27NO5. The maximum absolute atomic E-state index is 12.4. The van der Waals surface area contributed by atoms with Crippen LogP contribution in [0.3, 0.4) is 0 Å². The molecule has 1 aromatic heterocycles. The van der Waals surface area contributed by atoms with Crippen molar-refractivity contribution in [3.05, 3.63) is 52.3 Å². The van der Waals surface area contributed by atoms with Crippen molar-refractivity contribution < 1.29 is 19.4 Å². The number of fused-ring (bicyclic) bond motifs is 3. The van der Waals surface area contributed by atoms with E-state index in [0.29, 0.717) is 30.4 Å². The van der Waals surface area contributed by atoms with Crippen molar-refractivity contribution in [2.45, 2.75) is 39.7 Å². The zero-order valence-corrected chi connectivity index (χ0v) is 17.1. The van der Waals surface area contributed by atoms with Gasteiger partial charge in [0.15, 0.2) is 5.43 Å². The third-order valence-corrected chi connectivity index (χ3v) is 5.21. The first-order valence-electron chi connectivity index (χ1n) is 9.93. The van der Waals surface area contributed by atoms with Crippen molar-refractivity contribution in [1.82, 2.24) is 4.57 Å². The molecule has 6 nitrogen and oxygen atoms in total. The summed E-state index contributed by atoms with van der Waals surface area (Å²) >= 11 is 0. The lowest BCUT2D eigenvalue weighted by molar-refractivity contribution is 0.0694. The summed E-state index contributed by atoms with van der Waals surface area (Å²) in [6.07, 6.45) is 5.12. The Balaban J connectivity index is 2.21. The number of carbonyl (C=O) groups is 1. The molecule has 1 atom stereocenters. The smallest absolute Gasteiger partial charge is 0.341 e. The number of carboxylic acids is 1. The lowest BCUT2D eigenvalue weighted by atomic mass is 10.0. The van der Waals surface area contributed by atoms with Crippen LogP contribution >= 0.6 is 0 Å². The molecule has 0 radical (unpaired) electrons. The normalized spacial score (nSPS) is 15.1. The Kier molecular flexibility index (Phi) is 6.11. The maximum Gasteiger partial charge on any atom is 0.341 e. The molecule has 1 aliphatic rings. The maximum atomic E-state index is 12.4. The second-order valence-electron chi connectivity index (χ2n) is 7.56. The van der Waals surface area contributed by atoms with E-state index in [-0.39, 0.29) is 17.5 Å². The second kappa shape index (κ2) is 8.55. The van der Waals surface area contributed by atoms with Gasteiger partial charge in [0, 0.05) is 29.5 Å². The molecule has 0 amide bonds. The number of carboxylic acid groups (broad SMARTS) is 1. The molecule has 2 heterocycles. The third-order valence-electron chi connectivity index (χ3n) is 5.21. The summed E-state index contributed by atoms with van der Waals surface area (Å²) in [4.78, 5) is 24.0. The largest absolute Gasteiger partial charge is 0.493 e. The molecule has 3 rings (SSSR count). The first-order valence-corrected chi connectivity index (χ1v) is 9.93. The van der Waals surface area contributed by atoms with Crippen LogP contribution in [0.15, 0.2) is 35.8 Å². The summed E-state index contributed by atoms with van der Waals surface area (Å²) in [5.41, 5.74) is 1.39. The summed E-state index contributed by atoms with van der Waals surface area (Å²) in [5.74, 6) is 0.240. The average molecular weight is 397 g/mol. The van der Waals surface area contributed by atoms with Crippen molar-refractivity contribution >= 4 is 12.0 Å². The number of aromatic nitrogens is 1. The van der Waals surface area contributed by atoms with Gasteiger partial charge in [-0.1, -0.05) is 39.8 Å². The molecule has 1 aliphatic heterocycles. The molecule has 29 heavy (non-hydrogen) atoms. The Hall–Kier alpha value is -3.02. The van der Waals surface area contributed by atoms with Crippen molar-refractivity contribution in [1.29, 1.82) is 0 Å². The van der Waals surface area contributed by atoms with Gasteiger partial charge in [-0.3, -0.25) is 4.79 Å². The molecule has 0 bridgehead atoms. The number of unbranched alkanes of at least 4 members (excludes halogenated alkanes) is 1. The minimum absolute atomic E-state index is 0.118. The second-order valence-corrected chi connectivity index (χ2v) is 7.56. The zero-order chi connectivity index (χ0) is 21.1. The quantitative estimate of drug-likeness (QED) is 0.690. The minimum Gasteiger partial charge on any atom is -0.493 e. The summed E-state index contributed by atoms with van der Waals surface area (Å²) in [6.45, 7) is 11.0. The summed E-state index contributed by atoms with van der Waals surface area (Å²) in [7, 11) is 0. The predicted octanol–water partition coefficient (Wildman–Crippen LogP) is 4.62. The van der Waals surface area contributed by atoms with Crippen LogP contribution in [0.5, 0.6) is 11.5 Å². The average Bonchev–Trinajstić information content (AvgIpc) is 2.83. The van der Waals surface area contributed by atoms with Gasteiger partial charge in [0.25, 0.3) is 0 Å². The molecule has 2 aromatic rings. The highest BCUT2D eigenvalue weighted by Crippen LogP contribution is 2.41. The Morgan fingerprint density at radius 2 is 2.17 bits per heavy atom. The van der Waals surface area contributed by atoms with Crippen LogP contribution in [-0.4, -0.2) is 28.9 Å². The molecular weight excluding hydrogens is 370 g/mol. The van der Waals surface area contributed by atoms with E-state index >= 15 is 0 Å². The number of benzene rings is 1. The molecule has 0 aliphatic carbocycles. The van der Waals surface area contributed by atoms with E-state index in [2.05, 4.69) is 13.5 Å². The first-order chi connectivity index (χ1) is 13.9. The van der Waals surface area contributed by atoms with Gasteiger partial charge in [0.2, 0.25) is 0 Å². The molecule has 0 unspecified atom stereocenters. The monoisotopic (exact) mass is 397 g/mol. The highest BCUT2D eigenvalue weighted by Gasteiger charge is 2.27. The Morgan fingerprint density at radius 3 is 2.79 bits per heavy atom. The van der Waals surface area contributed by atoms with E-state index < -0.39 is 11.4 Å². The van der Waals surface area contributed by atoms with Crippen molar-refractivity contribution in [2.24, 2.45) is 5.92 Å². The molecule has 6 heteroatoms. The summed E-state index contributed by atoms with van der Waals surface area (Å²) < 4.78 is 13.9. The number of rotatable bonds is 7. The molecule has 0 saturated heterocycles. The molecule has 0 spiro atoms. The third kappa shape index (κ3) is 4.06. The van der Waals surface area contributed by atoms with E-state index in [1.165, 1.54) is 12.3 Å². The summed E-state index contributed by atoms with van der Waals surface area (Å²) in [5, 5.41) is 9.40. The zero-order valence-electron chi connectivity index (χ0n) is 17.1. The van der Waals surface area contributed by atoms with Crippen molar-refractivity contribution in [2.75, 3.05) is 13.2 Å². The Morgan fingerprint density at radius 1 is 1.41 bits per heavy atom. The van der Waals surface area contributed by atoms with Crippen LogP contribution in [0.1, 0.15) is 55.6 Å². The predicted molar refractivity (Wildman–Crippen MR) is 113 cm³/mol. The molecule has 0 saturated carbocycles. The number of aromatic carboxylic acids is 1. The van der Waals surface area contributed by atoms with Crippen molar-refractivity contribution in [3.8, 4) is 22.8 Å². The van der Waals surface area contributed by atoms with Gasteiger partial charge in [0.05, 0.1) is 18.3 Å². The fraction of sp³-hybridized carbons (Fsp3) is 0.391. The van der Waals surface area contributed by atoms with Crippen LogP contribution in [0.4, 0.5) is 0 Å². The topological polar surface area (TPSA) is 77.8 Å². The highest BCUT2D eigenvalue weighted by atomic mass is 16.5. The fourth-order valence-corrected chi connectivity index (χ4v) is 3.48. The SMILES string of the molecule is C=Cc1cc2c(cc1OCCCC)OC[C@@H](C(C)C)n1cc(C(=O)O)c(=O)cc1-2. The van der Waals surface area contributed by atoms with Gasteiger partial charge in [0.1, 0.15) is 23.7 Å². The van der Waals surface area contributed by atoms with Crippen LogP contribution < -0.4 is 14.9 Å². The Bertz CT molecular complexity index is 989.